The van der Waals surface area contributed by atoms with E-state index in [1.807, 2.05) is 6.07 Å². The molecule has 2 heterocycles. The summed E-state index contributed by atoms with van der Waals surface area (Å²) in [5.41, 5.74) is 0.203. The highest BCUT2D eigenvalue weighted by molar-refractivity contribution is 7.89. The van der Waals surface area contributed by atoms with Crippen molar-refractivity contribution in [3.63, 3.8) is 0 Å². The fourth-order valence-electron chi connectivity index (χ4n) is 3.15. The number of hydrogen-bond donors (Lipinski definition) is 0. The first-order valence-electron chi connectivity index (χ1n) is 7.94. The molecule has 0 saturated carbocycles. The van der Waals surface area contributed by atoms with Gasteiger partial charge in [-0.2, -0.15) is 9.57 Å². The molecule has 0 bridgehead atoms. The summed E-state index contributed by atoms with van der Waals surface area (Å²) in [5.74, 6) is 0. The molecule has 124 valence electrons. The van der Waals surface area contributed by atoms with Crippen LogP contribution in [0.3, 0.4) is 0 Å². The van der Waals surface area contributed by atoms with Gasteiger partial charge >= 0.3 is 0 Å². The molecular formula is C16H21N3O3S. The van der Waals surface area contributed by atoms with Gasteiger partial charge in [0.2, 0.25) is 10.0 Å². The van der Waals surface area contributed by atoms with E-state index in [1.54, 1.807) is 18.2 Å². The van der Waals surface area contributed by atoms with Crippen LogP contribution in [0.5, 0.6) is 0 Å². The minimum Gasteiger partial charge on any atom is -0.377 e. The molecule has 0 radical (unpaired) electrons. The van der Waals surface area contributed by atoms with Crippen LogP contribution in [0.2, 0.25) is 0 Å². The number of nitrogens with zero attached hydrogens (tertiary/aromatic N) is 3. The Hall–Kier alpha value is -1.46. The molecule has 23 heavy (non-hydrogen) atoms. The molecule has 2 saturated heterocycles. The van der Waals surface area contributed by atoms with E-state index < -0.39 is 10.0 Å². The predicted molar refractivity (Wildman–Crippen MR) is 85.3 cm³/mol. The number of ether oxygens (including phenoxy) is 1. The van der Waals surface area contributed by atoms with Gasteiger partial charge in [0.1, 0.15) is 6.07 Å². The van der Waals surface area contributed by atoms with Crippen molar-refractivity contribution in [2.75, 3.05) is 39.3 Å². The molecule has 6 nitrogen and oxygen atoms in total. The van der Waals surface area contributed by atoms with Crippen LogP contribution in [0.15, 0.2) is 29.2 Å². The summed E-state index contributed by atoms with van der Waals surface area (Å²) in [7, 11) is -3.60. The number of piperazine rings is 1. The van der Waals surface area contributed by atoms with Crippen molar-refractivity contribution in [3.05, 3.63) is 29.8 Å². The Balaban J connectivity index is 1.65. The van der Waals surface area contributed by atoms with Crippen LogP contribution in [-0.4, -0.2) is 63.1 Å². The molecule has 2 aliphatic heterocycles. The standard InChI is InChI=1S/C16H21N3O3S/c17-12-14-4-1-2-6-16(14)23(20,21)19-9-7-18(8-10-19)13-15-5-3-11-22-15/h1-2,4,6,15H,3,5,7-11,13H2/t15-/m1/s1. The second-order valence-corrected chi connectivity index (χ2v) is 7.85. The summed E-state index contributed by atoms with van der Waals surface area (Å²) in [6, 6.07) is 8.35. The quantitative estimate of drug-likeness (QED) is 0.822. The highest BCUT2D eigenvalue weighted by Crippen LogP contribution is 2.21. The van der Waals surface area contributed by atoms with Gasteiger partial charge < -0.3 is 4.74 Å². The molecule has 0 unspecified atom stereocenters. The second kappa shape index (κ2) is 6.97. The minimum absolute atomic E-state index is 0.107. The Morgan fingerprint density at radius 1 is 1.22 bits per heavy atom. The topological polar surface area (TPSA) is 73.6 Å². The van der Waals surface area contributed by atoms with Crippen LogP contribution >= 0.6 is 0 Å². The second-order valence-electron chi connectivity index (χ2n) is 5.95. The average Bonchev–Trinajstić information content (AvgIpc) is 3.08. The molecule has 0 aromatic heterocycles. The van der Waals surface area contributed by atoms with Gasteiger partial charge in [0.05, 0.1) is 16.6 Å². The van der Waals surface area contributed by atoms with Crippen molar-refractivity contribution in [1.29, 1.82) is 5.26 Å². The summed E-state index contributed by atoms with van der Waals surface area (Å²) in [4.78, 5) is 2.37. The Kier molecular flexibility index (Phi) is 4.97. The highest BCUT2D eigenvalue weighted by Gasteiger charge is 2.31. The first kappa shape index (κ1) is 16.4. The van der Waals surface area contributed by atoms with E-state index in [0.29, 0.717) is 26.2 Å². The molecule has 0 N–H and O–H groups in total. The molecular weight excluding hydrogens is 314 g/mol. The number of sulfonamides is 1. The first-order chi connectivity index (χ1) is 11.1. The Bertz CT molecular complexity index is 685. The van der Waals surface area contributed by atoms with Gasteiger partial charge in [-0.25, -0.2) is 8.42 Å². The van der Waals surface area contributed by atoms with Gasteiger partial charge in [-0.1, -0.05) is 12.1 Å². The van der Waals surface area contributed by atoms with Crippen LogP contribution in [0.4, 0.5) is 0 Å². The van der Waals surface area contributed by atoms with Crippen molar-refractivity contribution in [1.82, 2.24) is 9.21 Å². The maximum absolute atomic E-state index is 12.7. The van der Waals surface area contributed by atoms with Gasteiger partial charge in [0.15, 0.2) is 0 Å². The van der Waals surface area contributed by atoms with E-state index in [9.17, 15) is 8.42 Å². The average molecular weight is 335 g/mol. The van der Waals surface area contributed by atoms with E-state index in [-0.39, 0.29) is 16.6 Å². The lowest BCUT2D eigenvalue weighted by Gasteiger charge is -2.35. The number of hydrogen-bond acceptors (Lipinski definition) is 5. The van der Waals surface area contributed by atoms with Crippen LogP contribution in [0.1, 0.15) is 18.4 Å². The van der Waals surface area contributed by atoms with Crippen molar-refractivity contribution in [2.45, 2.75) is 23.8 Å². The van der Waals surface area contributed by atoms with E-state index in [4.69, 9.17) is 10.00 Å². The lowest BCUT2D eigenvalue weighted by Crippen LogP contribution is -2.50. The minimum atomic E-state index is -3.60. The highest BCUT2D eigenvalue weighted by atomic mass is 32.2. The van der Waals surface area contributed by atoms with E-state index in [2.05, 4.69) is 4.90 Å². The summed E-state index contributed by atoms with van der Waals surface area (Å²) >= 11 is 0. The zero-order chi connectivity index (χ0) is 16.3. The van der Waals surface area contributed by atoms with Gasteiger partial charge in [-0.3, -0.25) is 4.90 Å². The predicted octanol–water partition coefficient (Wildman–Crippen LogP) is 1.04. The summed E-state index contributed by atoms with van der Waals surface area (Å²) < 4.78 is 32.6. The molecule has 3 rings (SSSR count). The summed E-state index contributed by atoms with van der Waals surface area (Å²) in [6.07, 6.45) is 2.50. The first-order valence-corrected chi connectivity index (χ1v) is 9.38. The lowest BCUT2D eigenvalue weighted by atomic mass is 10.2. The van der Waals surface area contributed by atoms with Crippen LogP contribution in [-0.2, 0) is 14.8 Å². The SMILES string of the molecule is N#Cc1ccccc1S(=O)(=O)N1CCN(C[C@H]2CCCO2)CC1. The van der Waals surface area contributed by atoms with Crippen molar-refractivity contribution >= 4 is 10.0 Å². The van der Waals surface area contributed by atoms with E-state index in [0.717, 1.165) is 26.0 Å². The molecule has 0 aliphatic carbocycles. The fraction of sp³-hybridized carbons (Fsp3) is 0.562. The van der Waals surface area contributed by atoms with Gasteiger partial charge in [-0.05, 0) is 25.0 Å². The summed E-state index contributed by atoms with van der Waals surface area (Å²) in [6.45, 7) is 4.03. The maximum atomic E-state index is 12.7. The number of nitriles is 1. The molecule has 0 amide bonds. The fourth-order valence-corrected chi connectivity index (χ4v) is 4.72. The number of benzene rings is 1. The molecule has 2 fully saturated rings. The summed E-state index contributed by atoms with van der Waals surface area (Å²) in [5, 5.41) is 9.13. The monoisotopic (exact) mass is 335 g/mol. The molecule has 7 heteroatoms. The van der Waals surface area contributed by atoms with Crippen molar-refractivity contribution in [2.24, 2.45) is 0 Å². The van der Waals surface area contributed by atoms with Crippen LogP contribution in [0.25, 0.3) is 0 Å². The van der Waals surface area contributed by atoms with Crippen molar-refractivity contribution < 1.29 is 13.2 Å². The van der Waals surface area contributed by atoms with Gasteiger partial charge in [0.25, 0.3) is 0 Å². The van der Waals surface area contributed by atoms with Gasteiger partial charge in [0, 0.05) is 39.3 Å². The maximum Gasteiger partial charge on any atom is 0.244 e. The molecule has 0 spiro atoms. The van der Waals surface area contributed by atoms with Gasteiger partial charge in [-0.15, -0.1) is 0 Å². The zero-order valence-electron chi connectivity index (χ0n) is 13.0. The molecule has 1 atom stereocenters. The van der Waals surface area contributed by atoms with Crippen LogP contribution < -0.4 is 0 Å². The third kappa shape index (κ3) is 3.56. The Morgan fingerprint density at radius 3 is 2.61 bits per heavy atom. The van der Waals surface area contributed by atoms with E-state index in [1.165, 1.54) is 10.4 Å². The Labute approximate surface area is 137 Å². The van der Waals surface area contributed by atoms with E-state index >= 15 is 0 Å². The normalized spacial score (nSPS) is 23.7. The number of rotatable bonds is 4. The smallest absolute Gasteiger partial charge is 0.244 e. The largest absolute Gasteiger partial charge is 0.377 e. The third-order valence-corrected chi connectivity index (χ3v) is 6.40. The zero-order valence-corrected chi connectivity index (χ0v) is 13.8. The molecule has 2 aliphatic rings. The van der Waals surface area contributed by atoms with Crippen LogP contribution in [0, 0.1) is 11.3 Å². The Morgan fingerprint density at radius 2 is 1.96 bits per heavy atom. The lowest BCUT2D eigenvalue weighted by molar-refractivity contribution is 0.0617. The third-order valence-electron chi connectivity index (χ3n) is 4.44. The molecule has 1 aromatic carbocycles. The van der Waals surface area contributed by atoms with Crippen molar-refractivity contribution in [3.8, 4) is 6.07 Å². The molecule has 1 aromatic rings.